The van der Waals surface area contributed by atoms with E-state index < -0.39 is 0 Å². The molecule has 0 N–H and O–H groups in total. The summed E-state index contributed by atoms with van der Waals surface area (Å²) in [7, 11) is 1.96. The Morgan fingerprint density at radius 3 is 2.43 bits per heavy atom. The van der Waals surface area contributed by atoms with Crippen molar-refractivity contribution in [2.75, 3.05) is 13.7 Å². The molecule has 150 valence electrons. The van der Waals surface area contributed by atoms with E-state index in [0.717, 1.165) is 50.7 Å². The molecule has 0 aromatic heterocycles. The molecule has 0 radical (unpaired) electrons. The summed E-state index contributed by atoms with van der Waals surface area (Å²) in [5, 5.41) is 0. The number of nitrogens with zero attached hydrogens (tertiary/aromatic N) is 2. The first-order chi connectivity index (χ1) is 13.6. The molecule has 2 unspecified atom stereocenters. The largest absolute Gasteiger partial charge is 0.484 e. The monoisotopic (exact) mass is 382 g/mol. The van der Waals surface area contributed by atoms with E-state index in [0.29, 0.717) is 0 Å². The van der Waals surface area contributed by atoms with Gasteiger partial charge in [-0.25, -0.2) is 0 Å². The number of hydrogen-bond acceptors (Lipinski definition) is 3. The zero-order valence-corrected chi connectivity index (χ0v) is 16.6. The molecular formula is C23H30N2O3. The number of allylic oxidation sites excluding steroid dienone is 2. The molecule has 1 aromatic rings. The number of benzene rings is 1. The summed E-state index contributed by atoms with van der Waals surface area (Å²) in [5.41, 5.74) is 0. The smallest absolute Gasteiger partial charge is 0.261 e. The van der Waals surface area contributed by atoms with E-state index in [-0.39, 0.29) is 42.5 Å². The Bertz CT molecular complexity index is 719. The zero-order valence-electron chi connectivity index (χ0n) is 16.6. The summed E-state index contributed by atoms with van der Waals surface area (Å²) in [6.07, 6.45) is 11.0. The third-order valence-corrected chi connectivity index (χ3v) is 6.62. The van der Waals surface area contributed by atoms with E-state index in [4.69, 9.17) is 4.74 Å². The van der Waals surface area contributed by atoms with Gasteiger partial charge >= 0.3 is 0 Å². The number of carbonyl (C=O) groups excluding carboxylic acids is 2. The Hall–Kier alpha value is -2.30. The molecular weight excluding hydrogens is 352 g/mol. The summed E-state index contributed by atoms with van der Waals surface area (Å²) < 4.78 is 5.68. The third-order valence-electron chi connectivity index (χ3n) is 6.62. The van der Waals surface area contributed by atoms with Crippen LogP contribution in [0.25, 0.3) is 0 Å². The van der Waals surface area contributed by atoms with Gasteiger partial charge in [-0.1, -0.05) is 30.4 Å². The Morgan fingerprint density at radius 2 is 1.79 bits per heavy atom. The molecule has 0 saturated carbocycles. The van der Waals surface area contributed by atoms with Gasteiger partial charge in [-0.2, -0.15) is 0 Å². The summed E-state index contributed by atoms with van der Waals surface area (Å²) in [4.78, 5) is 29.7. The van der Waals surface area contributed by atoms with Crippen molar-refractivity contribution < 1.29 is 14.3 Å². The molecule has 2 aliphatic heterocycles. The topological polar surface area (TPSA) is 49.9 Å². The van der Waals surface area contributed by atoms with Crippen LogP contribution in [0, 0.1) is 5.92 Å². The number of rotatable bonds is 5. The van der Waals surface area contributed by atoms with Crippen molar-refractivity contribution in [3.05, 3.63) is 42.5 Å². The average Bonchev–Trinajstić information content (AvgIpc) is 3.01. The van der Waals surface area contributed by atoms with Crippen molar-refractivity contribution in [2.24, 2.45) is 5.92 Å². The minimum atomic E-state index is 0.0706. The molecule has 5 heteroatoms. The van der Waals surface area contributed by atoms with Crippen LogP contribution in [-0.2, 0) is 9.59 Å². The molecule has 5 nitrogen and oxygen atoms in total. The summed E-state index contributed by atoms with van der Waals surface area (Å²) in [6, 6.07) is 10.2. The maximum absolute atomic E-state index is 12.9. The lowest BCUT2D eigenvalue weighted by molar-refractivity contribution is -0.142. The van der Waals surface area contributed by atoms with Gasteiger partial charge in [0.1, 0.15) is 5.75 Å². The number of amides is 2. The summed E-state index contributed by atoms with van der Waals surface area (Å²) in [6.45, 7) is 0.0882. The number of carbonyl (C=O) groups is 2. The Balaban J connectivity index is 1.34. The Kier molecular flexibility index (Phi) is 5.69. The molecule has 4 atom stereocenters. The van der Waals surface area contributed by atoms with Gasteiger partial charge in [-0.15, -0.1) is 0 Å². The van der Waals surface area contributed by atoms with Gasteiger partial charge in [0.05, 0.1) is 0 Å². The standard InChI is InChI=1S/C23H30N2O3/c1-24(23(27)17-8-4-2-5-9-17)20-14-18-12-13-19(15-20)25(18)22(26)16-28-21-10-6-3-7-11-21/h2-4,6-7,10-11,17-20H,5,8-9,12-16H2,1H3/t17?,18-,19+,20?. The highest BCUT2D eigenvalue weighted by Gasteiger charge is 2.45. The van der Waals surface area contributed by atoms with E-state index in [1.54, 1.807) is 0 Å². The van der Waals surface area contributed by atoms with Crippen LogP contribution in [0.2, 0.25) is 0 Å². The van der Waals surface area contributed by atoms with Crippen LogP contribution in [-0.4, -0.2) is 53.4 Å². The van der Waals surface area contributed by atoms with Gasteiger partial charge in [0.25, 0.3) is 5.91 Å². The molecule has 2 bridgehead atoms. The Morgan fingerprint density at radius 1 is 1.07 bits per heavy atom. The lowest BCUT2D eigenvalue weighted by Crippen LogP contribution is -2.54. The normalized spacial score (nSPS) is 28.8. The Labute approximate surface area is 167 Å². The molecule has 2 saturated heterocycles. The molecule has 2 amide bonds. The maximum Gasteiger partial charge on any atom is 0.261 e. The van der Waals surface area contributed by atoms with Crippen LogP contribution in [0.4, 0.5) is 0 Å². The van der Waals surface area contributed by atoms with Crippen molar-refractivity contribution in [3.8, 4) is 5.75 Å². The number of para-hydroxylation sites is 1. The molecule has 0 spiro atoms. The average molecular weight is 383 g/mol. The molecule has 1 aliphatic carbocycles. The number of piperidine rings is 1. The summed E-state index contributed by atoms with van der Waals surface area (Å²) >= 11 is 0. The van der Waals surface area contributed by atoms with E-state index >= 15 is 0 Å². The van der Waals surface area contributed by atoms with Gasteiger partial charge in [0, 0.05) is 31.1 Å². The second kappa shape index (κ2) is 8.38. The van der Waals surface area contributed by atoms with Gasteiger partial charge < -0.3 is 14.5 Å². The maximum atomic E-state index is 12.9. The van der Waals surface area contributed by atoms with Gasteiger partial charge in [-0.05, 0) is 57.1 Å². The van der Waals surface area contributed by atoms with Crippen molar-refractivity contribution in [1.82, 2.24) is 9.80 Å². The van der Waals surface area contributed by atoms with Crippen molar-refractivity contribution in [3.63, 3.8) is 0 Å². The second-order valence-corrected chi connectivity index (χ2v) is 8.34. The van der Waals surface area contributed by atoms with Crippen LogP contribution in [0.1, 0.15) is 44.9 Å². The molecule has 2 heterocycles. The molecule has 4 rings (SSSR count). The van der Waals surface area contributed by atoms with Crippen LogP contribution < -0.4 is 4.74 Å². The second-order valence-electron chi connectivity index (χ2n) is 8.34. The highest BCUT2D eigenvalue weighted by atomic mass is 16.5. The summed E-state index contributed by atoms with van der Waals surface area (Å²) in [5.74, 6) is 1.21. The minimum absolute atomic E-state index is 0.0706. The van der Waals surface area contributed by atoms with Crippen molar-refractivity contribution >= 4 is 11.8 Å². The predicted molar refractivity (Wildman–Crippen MR) is 108 cm³/mol. The fourth-order valence-corrected chi connectivity index (χ4v) is 5.09. The van der Waals surface area contributed by atoms with E-state index in [2.05, 4.69) is 12.2 Å². The SMILES string of the molecule is CN(C(=O)C1CC=CCC1)C1C[C@H]2CC[C@@H](C1)N2C(=O)COc1ccccc1. The third kappa shape index (κ3) is 3.94. The lowest BCUT2D eigenvalue weighted by Gasteiger charge is -2.43. The fourth-order valence-electron chi connectivity index (χ4n) is 5.09. The fraction of sp³-hybridized carbons (Fsp3) is 0.565. The highest BCUT2D eigenvalue weighted by Crippen LogP contribution is 2.38. The first-order valence-electron chi connectivity index (χ1n) is 10.5. The van der Waals surface area contributed by atoms with Crippen LogP contribution in [0.15, 0.2) is 42.5 Å². The first-order valence-corrected chi connectivity index (χ1v) is 10.5. The number of ether oxygens (including phenoxy) is 1. The number of hydrogen-bond donors (Lipinski definition) is 0. The number of fused-ring (bicyclic) bond motifs is 2. The minimum Gasteiger partial charge on any atom is -0.484 e. The van der Waals surface area contributed by atoms with Crippen LogP contribution in [0.3, 0.4) is 0 Å². The quantitative estimate of drug-likeness (QED) is 0.734. The zero-order chi connectivity index (χ0) is 19.5. The molecule has 3 aliphatic rings. The molecule has 2 fully saturated rings. The van der Waals surface area contributed by atoms with Crippen molar-refractivity contribution in [1.29, 1.82) is 0 Å². The van der Waals surface area contributed by atoms with E-state index in [1.165, 1.54) is 0 Å². The predicted octanol–water partition coefficient (Wildman–Crippen LogP) is 3.40. The lowest BCUT2D eigenvalue weighted by atomic mass is 9.90. The molecule has 1 aromatic carbocycles. The van der Waals surface area contributed by atoms with Crippen LogP contribution in [0.5, 0.6) is 5.75 Å². The first kappa shape index (κ1) is 19.0. The van der Waals surface area contributed by atoms with Crippen molar-refractivity contribution in [2.45, 2.75) is 63.1 Å². The van der Waals surface area contributed by atoms with Gasteiger partial charge in [0.2, 0.25) is 5.91 Å². The molecule has 28 heavy (non-hydrogen) atoms. The van der Waals surface area contributed by atoms with E-state index in [9.17, 15) is 9.59 Å². The highest BCUT2D eigenvalue weighted by molar-refractivity contribution is 5.80. The van der Waals surface area contributed by atoms with Gasteiger partial charge in [-0.3, -0.25) is 9.59 Å². The van der Waals surface area contributed by atoms with E-state index in [1.807, 2.05) is 47.2 Å². The van der Waals surface area contributed by atoms with Crippen LogP contribution >= 0.6 is 0 Å². The van der Waals surface area contributed by atoms with Gasteiger partial charge in [0.15, 0.2) is 6.61 Å².